The van der Waals surface area contributed by atoms with Crippen molar-refractivity contribution in [2.24, 2.45) is 27.7 Å². The van der Waals surface area contributed by atoms with Crippen LogP contribution in [-0.2, 0) is 9.53 Å². The second-order valence-electron chi connectivity index (χ2n) is 12.6. The molecule has 4 bridgehead atoms. The van der Waals surface area contributed by atoms with Crippen LogP contribution in [0.15, 0.2) is 47.5 Å². The van der Waals surface area contributed by atoms with Crippen molar-refractivity contribution in [1.29, 1.82) is 0 Å². The fourth-order valence-electron chi connectivity index (χ4n) is 8.25. The summed E-state index contributed by atoms with van der Waals surface area (Å²) in [7, 11) is 1.46. The third kappa shape index (κ3) is 4.45. The first-order valence-electron chi connectivity index (χ1n) is 14.3. The second kappa shape index (κ2) is 9.84. The van der Waals surface area contributed by atoms with Crippen molar-refractivity contribution < 1.29 is 44.3 Å². The number of hydrogen-bond donors (Lipinski definition) is 5. The third-order valence-electron chi connectivity index (χ3n) is 10.1. The Morgan fingerprint density at radius 1 is 1.09 bits per heavy atom. The molecule has 0 unspecified atom stereocenters. The Kier molecular flexibility index (Phi) is 6.57. The minimum absolute atomic E-state index is 0.0121. The molecule has 11 heteroatoms. The standard InChI is InChI=1S/C32H34N2O9/c1-30(10-9-24(37)34-25-21(36)7-5-18(26(25)38)29(40)41)23(33-28(39)19-13-17(42-3)4-6-20(19)35)8-11-32-14-16-12-22(27(30)32)43-31(16,2)15-32/h4-8,11,13,16,22,27,35-36,38H,9-10,12,14-15H2,1-3H3,(H,34,37)(H,40,41)/t16-,22+,27+,30-,31+,32+/m1/s1. The van der Waals surface area contributed by atoms with Gasteiger partial charge in [0.2, 0.25) is 5.91 Å². The summed E-state index contributed by atoms with van der Waals surface area (Å²) in [4.78, 5) is 42.6. The molecule has 0 radical (unpaired) electrons. The predicted octanol–water partition coefficient (Wildman–Crippen LogP) is 4.66. The Morgan fingerprint density at radius 3 is 2.53 bits per heavy atom. The third-order valence-corrected chi connectivity index (χ3v) is 10.1. The number of allylic oxidation sites excluding steroid dienone is 2. The van der Waals surface area contributed by atoms with E-state index in [2.05, 4.69) is 23.3 Å². The summed E-state index contributed by atoms with van der Waals surface area (Å²) in [5.41, 5.74) is -1.60. The lowest BCUT2D eigenvalue weighted by Crippen LogP contribution is -2.56. The molecule has 2 aromatic rings. The van der Waals surface area contributed by atoms with E-state index in [-0.39, 0.29) is 52.9 Å². The van der Waals surface area contributed by atoms with Gasteiger partial charge in [-0.15, -0.1) is 0 Å². The van der Waals surface area contributed by atoms with E-state index in [1.165, 1.54) is 25.3 Å². The Bertz CT molecular complexity index is 1620. The van der Waals surface area contributed by atoms with Crippen LogP contribution in [0.25, 0.3) is 0 Å². The topological polar surface area (TPSA) is 175 Å². The van der Waals surface area contributed by atoms with Crippen LogP contribution in [-0.4, -0.2) is 62.7 Å². The van der Waals surface area contributed by atoms with Gasteiger partial charge < -0.3 is 35.2 Å². The van der Waals surface area contributed by atoms with E-state index in [0.717, 1.165) is 31.4 Å². The maximum Gasteiger partial charge on any atom is 0.339 e. The van der Waals surface area contributed by atoms with Crippen LogP contribution in [0.5, 0.6) is 23.0 Å². The molecule has 2 saturated carbocycles. The number of phenols is 3. The molecule has 2 amide bonds. The highest BCUT2D eigenvalue weighted by Gasteiger charge is 2.71. The number of carboxylic acid groups (broad SMARTS) is 1. The van der Waals surface area contributed by atoms with Crippen LogP contribution in [0.4, 0.5) is 5.69 Å². The van der Waals surface area contributed by atoms with E-state index in [9.17, 15) is 34.8 Å². The van der Waals surface area contributed by atoms with Crippen molar-refractivity contribution in [1.82, 2.24) is 0 Å². The summed E-state index contributed by atoms with van der Waals surface area (Å²) in [6, 6.07) is 6.46. The number of anilines is 1. The number of methoxy groups -OCH3 is 1. The van der Waals surface area contributed by atoms with Gasteiger partial charge in [0, 0.05) is 17.8 Å². The van der Waals surface area contributed by atoms with E-state index in [0.29, 0.717) is 17.4 Å². The van der Waals surface area contributed by atoms with Gasteiger partial charge in [-0.1, -0.05) is 13.0 Å². The Labute approximate surface area is 247 Å². The van der Waals surface area contributed by atoms with Gasteiger partial charge >= 0.3 is 5.97 Å². The summed E-state index contributed by atoms with van der Waals surface area (Å²) in [6.45, 7) is 4.13. The zero-order chi connectivity index (χ0) is 30.9. The van der Waals surface area contributed by atoms with E-state index >= 15 is 0 Å². The van der Waals surface area contributed by atoms with E-state index in [1.54, 1.807) is 0 Å². The molecule has 4 fully saturated rings. The van der Waals surface area contributed by atoms with E-state index < -0.39 is 40.3 Å². The number of benzene rings is 2. The van der Waals surface area contributed by atoms with Gasteiger partial charge in [-0.05, 0) is 80.3 Å². The van der Waals surface area contributed by atoms with Crippen molar-refractivity contribution >= 4 is 29.2 Å². The average Bonchev–Trinajstić information content (AvgIpc) is 3.32. The number of phenolic OH excluding ortho intramolecular Hbond substituents is 2. The molecular weight excluding hydrogens is 556 g/mol. The summed E-state index contributed by atoms with van der Waals surface area (Å²) < 4.78 is 11.8. The number of aromatic hydroxyl groups is 3. The number of rotatable bonds is 7. The van der Waals surface area contributed by atoms with Crippen molar-refractivity contribution in [3.8, 4) is 23.0 Å². The van der Waals surface area contributed by atoms with Gasteiger partial charge in [0.15, 0.2) is 5.75 Å². The number of carbonyl (C=O) groups excluding carboxylic acids is 2. The maximum absolute atomic E-state index is 13.4. The molecule has 2 saturated heterocycles. The molecule has 1 spiro atoms. The van der Waals surface area contributed by atoms with Crippen LogP contribution in [0.2, 0.25) is 0 Å². The highest BCUT2D eigenvalue weighted by atomic mass is 16.5. The lowest BCUT2D eigenvalue weighted by atomic mass is 9.51. The molecule has 5 N–H and O–H groups in total. The highest BCUT2D eigenvalue weighted by molar-refractivity contribution is 6.12. The Morgan fingerprint density at radius 2 is 1.84 bits per heavy atom. The molecule has 2 aromatic carbocycles. The van der Waals surface area contributed by atoms with Gasteiger partial charge in [0.25, 0.3) is 5.91 Å². The number of aromatic carboxylic acids is 1. The van der Waals surface area contributed by atoms with Crippen LogP contribution < -0.4 is 10.1 Å². The average molecular weight is 591 g/mol. The van der Waals surface area contributed by atoms with Crippen LogP contribution >= 0.6 is 0 Å². The summed E-state index contributed by atoms with van der Waals surface area (Å²) in [6.07, 6.45) is 6.72. The van der Waals surface area contributed by atoms with Crippen LogP contribution in [0, 0.1) is 22.7 Å². The monoisotopic (exact) mass is 590 g/mol. The maximum atomic E-state index is 13.4. The predicted molar refractivity (Wildman–Crippen MR) is 155 cm³/mol. The number of carbonyl (C=O) groups is 3. The van der Waals surface area contributed by atoms with Crippen LogP contribution in [0.3, 0.4) is 0 Å². The first-order valence-corrected chi connectivity index (χ1v) is 14.3. The molecule has 6 atom stereocenters. The SMILES string of the molecule is COc1ccc(O)c(C(=O)N=C2C=C[C@]34C[C@H]5C[C@H](O[C@@]5(C)C3)[C@H]4[C@]2(C)CCC(=O)Nc2c(O)ccc(C(=O)O)c2O)c1. The first kappa shape index (κ1) is 28.7. The smallest absolute Gasteiger partial charge is 0.339 e. The zero-order valence-electron chi connectivity index (χ0n) is 24.1. The number of nitrogens with zero attached hydrogens (tertiary/aromatic N) is 1. The molecule has 3 aliphatic carbocycles. The molecule has 226 valence electrons. The molecular formula is C32H34N2O9. The minimum atomic E-state index is -1.41. The lowest BCUT2D eigenvalue weighted by Gasteiger charge is -2.56. The zero-order valence-corrected chi connectivity index (χ0v) is 24.1. The molecule has 2 aliphatic heterocycles. The Hall–Kier alpha value is -4.38. The van der Waals surface area contributed by atoms with Crippen molar-refractivity contribution in [2.45, 2.75) is 57.7 Å². The number of ether oxygens (including phenoxy) is 2. The summed E-state index contributed by atoms with van der Waals surface area (Å²) >= 11 is 0. The number of amides is 2. The second-order valence-corrected chi connectivity index (χ2v) is 12.6. The molecule has 5 aliphatic rings. The van der Waals surface area contributed by atoms with Gasteiger partial charge in [-0.25, -0.2) is 9.79 Å². The molecule has 7 rings (SSSR count). The highest BCUT2D eigenvalue weighted by Crippen LogP contribution is 2.71. The largest absolute Gasteiger partial charge is 0.507 e. The molecule has 43 heavy (non-hydrogen) atoms. The minimum Gasteiger partial charge on any atom is -0.507 e. The van der Waals surface area contributed by atoms with Crippen molar-refractivity contribution in [3.05, 3.63) is 53.6 Å². The molecule has 0 aromatic heterocycles. The quantitative estimate of drug-likeness (QED) is 0.287. The molecule has 11 nitrogen and oxygen atoms in total. The first-order chi connectivity index (χ1) is 20.3. The summed E-state index contributed by atoms with van der Waals surface area (Å²) in [5, 5.41) is 42.8. The van der Waals surface area contributed by atoms with Gasteiger partial charge in [0.1, 0.15) is 28.5 Å². The van der Waals surface area contributed by atoms with Crippen molar-refractivity contribution in [3.63, 3.8) is 0 Å². The fourth-order valence-corrected chi connectivity index (χ4v) is 8.25. The molecule has 2 heterocycles. The van der Waals surface area contributed by atoms with Crippen LogP contribution in [0.1, 0.15) is 66.7 Å². The normalized spacial score (nSPS) is 32.5. The van der Waals surface area contributed by atoms with Gasteiger partial charge in [0.05, 0.1) is 30.1 Å². The number of aliphatic imine (C=N–C) groups is 1. The lowest BCUT2D eigenvalue weighted by molar-refractivity contribution is -0.145. The number of carboxylic acids is 1. The number of hydrogen-bond acceptors (Lipinski definition) is 8. The van der Waals surface area contributed by atoms with Crippen molar-refractivity contribution in [2.75, 3.05) is 12.4 Å². The summed E-state index contributed by atoms with van der Waals surface area (Å²) in [5.74, 6) is -3.33. The number of nitrogens with one attached hydrogen (secondary N) is 1. The van der Waals surface area contributed by atoms with E-state index in [1.807, 2.05) is 13.0 Å². The fraction of sp³-hybridized carbons (Fsp3) is 0.438. The van der Waals surface area contributed by atoms with E-state index in [4.69, 9.17) is 9.47 Å². The Balaban J connectivity index is 1.34. The van der Waals surface area contributed by atoms with Gasteiger partial charge in [-0.3, -0.25) is 9.59 Å². The van der Waals surface area contributed by atoms with Gasteiger partial charge in [-0.2, -0.15) is 0 Å².